The molecule has 20 heavy (non-hydrogen) atoms. The molecule has 3 heteroatoms. The van der Waals surface area contributed by atoms with Crippen molar-refractivity contribution in [2.45, 2.75) is 44.9 Å². The maximum absolute atomic E-state index is 9.32. The quantitative estimate of drug-likeness (QED) is 0.733. The van der Waals surface area contributed by atoms with E-state index in [1.165, 1.54) is 44.9 Å². The Balaban J connectivity index is 1.73. The van der Waals surface area contributed by atoms with Crippen LogP contribution in [0.2, 0.25) is 0 Å². The van der Waals surface area contributed by atoms with Crippen molar-refractivity contribution in [3.63, 3.8) is 0 Å². The molecular weight excluding hydrogens is 312 g/mol. The topological polar surface area (TPSA) is 27.0 Å². The molecule has 0 aromatic heterocycles. The van der Waals surface area contributed by atoms with E-state index in [2.05, 4.69) is 33.0 Å². The van der Waals surface area contributed by atoms with Gasteiger partial charge in [-0.05, 0) is 49.3 Å². The van der Waals surface area contributed by atoms with Crippen LogP contribution in [0.3, 0.4) is 0 Å². The van der Waals surface area contributed by atoms with Crippen molar-refractivity contribution in [2.24, 2.45) is 5.41 Å². The van der Waals surface area contributed by atoms with Crippen LogP contribution in [-0.2, 0) is 0 Å². The van der Waals surface area contributed by atoms with E-state index in [0.717, 1.165) is 28.8 Å². The zero-order valence-corrected chi connectivity index (χ0v) is 13.5. The van der Waals surface area contributed by atoms with Gasteiger partial charge < -0.3 is 4.90 Å². The molecule has 1 aromatic rings. The first-order chi connectivity index (χ1) is 9.72. The summed E-state index contributed by atoms with van der Waals surface area (Å²) in [5, 5.41) is 9.32. The van der Waals surface area contributed by atoms with E-state index in [1.54, 1.807) is 0 Å². The van der Waals surface area contributed by atoms with Crippen molar-refractivity contribution >= 4 is 21.6 Å². The van der Waals surface area contributed by atoms with Crippen molar-refractivity contribution in [2.75, 3.05) is 18.0 Å². The van der Waals surface area contributed by atoms with Crippen molar-refractivity contribution in [3.8, 4) is 6.07 Å². The zero-order chi connectivity index (χ0) is 14.0. The normalized spacial score (nSPS) is 21.7. The molecule has 1 spiro atoms. The summed E-state index contributed by atoms with van der Waals surface area (Å²) in [6.45, 7) is 2.21. The Bertz CT molecular complexity index is 516. The Kier molecular flexibility index (Phi) is 4.03. The number of nitriles is 1. The van der Waals surface area contributed by atoms with Crippen molar-refractivity contribution in [1.29, 1.82) is 5.26 Å². The van der Waals surface area contributed by atoms with Crippen molar-refractivity contribution in [3.05, 3.63) is 28.2 Å². The SMILES string of the molecule is N#Cc1cc(Br)ccc1N1CCC2(CCCCC2)CC1. The summed E-state index contributed by atoms with van der Waals surface area (Å²) in [6.07, 6.45) is 9.71. The van der Waals surface area contributed by atoms with Gasteiger partial charge in [0.15, 0.2) is 0 Å². The highest BCUT2D eigenvalue weighted by Gasteiger charge is 2.35. The predicted molar refractivity (Wildman–Crippen MR) is 85.8 cm³/mol. The van der Waals surface area contributed by atoms with Gasteiger partial charge in [0.1, 0.15) is 6.07 Å². The van der Waals surface area contributed by atoms with Crippen LogP contribution >= 0.6 is 15.9 Å². The van der Waals surface area contributed by atoms with Crippen LogP contribution < -0.4 is 4.90 Å². The zero-order valence-electron chi connectivity index (χ0n) is 11.9. The van der Waals surface area contributed by atoms with Gasteiger partial charge in [-0.3, -0.25) is 0 Å². The summed E-state index contributed by atoms with van der Waals surface area (Å²) >= 11 is 3.45. The number of hydrogen-bond acceptors (Lipinski definition) is 2. The molecule has 1 saturated carbocycles. The van der Waals surface area contributed by atoms with Crippen molar-refractivity contribution < 1.29 is 0 Å². The van der Waals surface area contributed by atoms with Gasteiger partial charge in [0, 0.05) is 17.6 Å². The molecule has 1 aromatic carbocycles. The molecule has 0 unspecified atom stereocenters. The van der Waals surface area contributed by atoms with Gasteiger partial charge in [0.2, 0.25) is 0 Å². The summed E-state index contributed by atoms with van der Waals surface area (Å²) in [5.74, 6) is 0. The first kappa shape index (κ1) is 13.9. The van der Waals surface area contributed by atoms with E-state index >= 15 is 0 Å². The number of piperidine rings is 1. The lowest BCUT2D eigenvalue weighted by molar-refractivity contribution is 0.144. The van der Waals surface area contributed by atoms with E-state index in [0.29, 0.717) is 5.41 Å². The highest BCUT2D eigenvalue weighted by Crippen LogP contribution is 2.45. The molecule has 0 radical (unpaired) electrons. The van der Waals surface area contributed by atoms with Gasteiger partial charge in [0.25, 0.3) is 0 Å². The van der Waals surface area contributed by atoms with E-state index < -0.39 is 0 Å². The van der Waals surface area contributed by atoms with E-state index in [1.807, 2.05) is 12.1 Å². The van der Waals surface area contributed by atoms with E-state index in [-0.39, 0.29) is 0 Å². The fourth-order valence-electron chi connectivity index (χ4n) is 3.90. The lowest BCUT2D eigenvalue weighted by atomic mass is 9.68. The van der Waals surface area contributed by atoms with Gasteiger partial charge in [-0.15, -0.1) is 0 Å². The molecule has 1 saturated heterocycles. The average Bonchev–Trinajstić information content (AvgIpc) is 2.49. The monoisotopic (exact) mass is 332 g/mol. The number of hydrogen-bond donors (Lipinski definition) is 0. The molecule has 1 aliphatic carbocycles. The maximum Gasteiger partial charge on any atom is 0.101 e. The Hall–Kier alpha value is -1.01. The Morgan fingerprint density at radius 2 is 1.75 bits per heavy atom. The number of benzene rings is 1. The molecule has 3 rings (SSSR count). The molecule has 2 nitrogen and oxygen atoms in total. The van der Waals surface area contributed by atoms with Crippen LogP contribution in [0.25, 0.3) is 0 Å². The smallest absolute Gasteiger partial charge is 0.101 e. The van der Waals surface area contributed by atoms with Gasteiger partial charge >= 0.3 is 0 Å². The standard InChI is InChI=1S/C17H21BrN2/c18-15-4-5-16(14(12-15)13-19)20-10-8-17(9-11-20)6-2-1-3-7-17/h4-5,12H,1-3,6-11H2. The number of rotatable bonds is 1. The third-order valence-corrected chi connectivity index (χ3v) is 5.65. The molecule has 0 amide bonds. The van der Waals surface area contributed by atoms with Crippen LogP contribution in [-0.4, -0.2) is 13.1 Å². The maximum atomic E-state index is 9.32. The van der Waals surface area contributed by atoms with Crippen molar-refractivity contribution in [1.82, 2.24) is 0 Å². The summed E-state index contributed by atoms with van der Waals surface area (Å²) < 4.78 is 0.985. The number of nitrogens with zero attached hydrogens (tertiary/aromatic N) is 2. The first-order valence-corrected chi connectivity index (χ1v) is 8.46. The Morgan fingerprint density at radius 3 is 2.40 bits per heavy atom. The molecular formula is C17H21BrN2. The highest BCUT2D eigenvalue weighted by atomic mass is 79.9. The van der Waals surface area contributed by atoms with Crippen LogP contribution in [0.1, 0.15) is 50.5 Å². The Labute approximate surface area is 129 Å². The summed E-state index contributed by atoms with van der Waals surface area (Å²) in [4.78, 5) is 2.41. The second-order valence-electron chi connectivity index (χ2n) is 6.32. The fourth-order valence-corrected chi connectivity index (χ4v) is 4.26. The highest BCUT2D eigenvalue weighted by molar-refractivity contribution is 9.10. The average molecular weight is 333 g/mol. The molecule has 106 valence electrons. The molecule has 2 fully saturated rings. The summed E-state index contributed by atoms with van der Waals surface area (Å²) in [6, 6.07) is 8.39. The van der Waals surface area contributed by atoms with Gasteiger partial charge in [-0.1, -0.05) is 35.2 Å². The fraction of sp³-hybridized carbons (Fsp3) is 0.588. The minimum absolute atomic E-state index is 0.622. The lowest BCUT2D eigenvalue weighted by Gasteiger charge is -2.45. The van der Waals surface area contributed by atoms with Gasteiger partial charge in [-0.25, -0.2) is 0 Å². The summed E-state index contributed by atoms with van der Waals surface area (Å²) in [7, 11) is 0. The lowest BCUT2D eigenvalue weighted by Crippen LogP contribution is -2.41. The van der Waals surface area contributed by atoms with Crippen LogP contribution in [0, 0.1) is 16.7 Å². The minimum atomic E-state index is 0.622. The van der Waals surface area contributed by atoms with E-state index in [9.17, 15) is 5.26 Å². The third-order valence-electron chi connectivity index (χ3n) is 5.16. The van der Waals surface area contributed by atoms with Crippen LogP contribution in [0.5, 0.6) is 0 Å². The summed E-state index contributed by atoms with van der Waals surface area (Å²) in [5.41, 5.74) is 2.53. The second kappa shape index (κ2) is 5.77. The first-order valence-electron chi connectivity index (χ1n) is 7.67. The molecule has 0 atom stereocenters. The minimum Gasteiger partial charge on any atom is -0.370 e. The second-order valence-corrected chi connectivity index (χ2v) is 7.24. The molecule has 0 bridgehead atoms. The van der Waals surface area contributed by atoms with Crippen LogP contribution in [0.4, 0.5) is 5.69 Å². The predicted octanol–water partition coefficient (Wildman–Crippen LogP) is 4.87. The molecule has 2 aliphatic rings. The number of halogens is 1. The van der Waals surface area contributed by atoms with E-state index in [4.69, 9.17) is 0 Å². The largest absolute Gasteiger partial charge is 0.370 e. The number of anilines is 1. The molecule has 1 heterocycles. The third kappa shape index (κ3) is 2.72. The van der Waals surface area contributed by atoms with Crippen LogP contribution in [0.15, 0.2) is 22.7 Å². The van der Waals surface area contributed by atoms with Gasteiger partial charge in [-0.2, -0.15) is 5.26 Å². The Morgan fingerprint density at radius 1 is 1.05 bits per heavy atom. The van der Waals surface area contributed by atoms with Gasteiger partial charge in [0.05, 0.1) is 11.3 Å². The molecule has 1 aliphatic heterocycles. The molecule has 0 N–H and O–H groups in total.